The Hall–Kier alpha value is -1.20. The number of H-pyrrole nitrogens is 1. The predicted octanol–water partition coefficient (Wildman–Crippen LogP) is 0.969. The lowest BCUT2D eigenvalue weighted by Crippen LogP contribution is -2.13. The first kappa shape index (κ1) is 12.9. The third kappa shape index (κ3) is 4.55. The number of aromatic nitrogens is 2. The molecule has 1 rings (SSSR count). The van der Waals surface area contributed by atoms with Crippen molar-refractivity contribution in [1.82, 2.24) is 9.97 Å². The molecule has 0 spiro atoms. The number of nitrogens with one attached hydrogen (secondary N) is 1. The van der Waals surface area contributed by atoms with Gasteiger partial charge in [0.25, 0.3) is 5.56 Å². The molecule has 2 N–H and O–H groups in total. The molecule has 90 valence electrons. The number of hydrogen-bond donors (Lipinski definition) is 2. The molecule has 0 saturated carbocycles. The smallest absolute Gasteiger partial charge is 0.251 e. The van der Waals surface area contributed by atoms with Gasteiger partial charge in [-0.3, -0.25) is 4.79 Å². The molecule has 0 atom stereocenters. The first-order valence-corrected chi connectivity index (χ1v) is 5.54. The molecule has 1 aromatic rings. The maximum atomic E-state index is 11.1. The number of nitrogens with zero attached hydrogens (tertiary/aromatic N) is 1. The van der Waals surface area contributed by atoms with Gasteiger partial charge in [0.2, 0.25) is 0 Å². The molecule has 0 bridgehead atoms. The number of aliphatic hydroxyl groups excluding tert-OH is 1. The molecular weight excluding hydrogens is 208 g/mol. The average molecular weight is 226 g/mol. The molecule has 0 aliphatic heterocycles. The van der Waals surface area contributed by atoms with Crippen LogP contribution in [0.25, 0.3) is 0 Å². The fourth-order valence-corrected chi connectivity index (χ4v) is 1.34. The molecule has 16 heavy (non-hydrogen) atoms. The summed E-state index contributed by atoms with van der Waals surface area (Å²) in [6.45, 7) is 2.86. The van der Waals surface area contributed by atoms with E-state index in [0.717, 1.165) is 19.3 Å². The summed E-state index contributed by atoms with van der Waals surface area (Å²) in [6, 6.07) is 1.39. The maximum Gasteiger partial charge on any atom is 0.251 e. The summed E-state index contributed by atoms with van der Waals surface area (Å²) in [6.07, 6.45) is 3.32. The normalized spacial score (nSPS) is 10.6. The Morgan fingerprint density at radius 2 is 2.31 bits per heavy atom. The van der Waals surface area contributed by atoms with Crippen molar-refractivity contribution in [3.05, 3.63) is 27.9 Å². The summed E-state index contributed by atoms with van der Waals surface area (Å²) < 4.78 is 5.38. The second-order valence-electron chi connectivity index (χ2n) is 3.60. The molecule has 1 heterocycles. The minimum Gasteiger partial charge on any atom is -0.388 e. The number of aliphatic hydroxyl groups is 1. The third-order valence-electron chi connectivity index (χ3n) is 2.14. The van der Waals surface area contributed by atoms with E-state index < -0.39 is 0 Å². The maximum absolute atomic E-state index is 11.1. The molecule has 0 fully saturated rings. The Morgan fingerprint density at radius 3 is 3.00 bits per heavy atom. The van der Waals surface area contributed by atoms with E-state index in [9.17, 15) is 4.79 Å². The Balaban J connectivity index is 2.41. The fraction of sp³-hybridized carbons (Fsp3) is 0.636. The summed E-state index contributed by atoms with van der Waals surface area (Å²) in [5.41, 5.74) is 0.301. The Morgan fingerprint density at radius 1 is 1.50 bits per heavy atom. The zero-order valence-electron chi connectivity index (χ0n) is 9.53. The number of aromatic amines is 1. The Kier molecular flexibility index (Phi) is 5.74. The molecule has 0 aromatic carbocycles. The van der Waals surface area contributed by atoms with Crippen LogP contribution < -0.4 is 5.56 Å². The van der Waals surface area contributed by atoms with Crippen LogP contribution >= 0.6 is 0 Å². The lowest BCUT2D eigenvalue weighted by Gasteiger charge is -2.04. The van der Waals surface area contributed by atoms with Gasteiger partial charge in [-0.2, -0.15) is 0 Å². The van der Waals surface area contributed by atoms with Crippen molar-refractivity contribution in [1.29, 1.82) is 0 Å². The number of rotatable bonds is 7. The van der Waals surface area contributed by atoms with Crippen LogP contribution in [0.1, 0.15) is 37.7 Å². The molecule has 0 aliphatic rings. The zero-order chi connectivity index (χ0) is 11.8. The van der Waals surface area contributed by atoms with Crippen molar-refractivity contribution in [2.45, 2.75) is 39.4 Å². The molecule has 5 nitrogen and oxygen atoms in total. The van der Waals surface area contributed by atoms with Crippen LogP contribution in [0.15, 0.2) is 10.9 Å². The second kappa shape index (κ2) is 7.14. The third-order valence-corrected chi connectivity index (χ3v) is 2.14. The van der Waals surface area contributed by atoms with E-state index in [4.69, 9.17) is 9.84 Å². The summed E-state index contributed by atoms with van der Waals surface area (Å²) in [5, 5.41) is 8.85. The van der Waals surface area contributed by atoms with E-state index in [2.05, 4.69) is 16.9 Å². The van der Waals surface area contributed by atoms with Gasteiger partial charge in [0, 0.05) is 12.7 Å². The van der Waals surface area contributed by atoms with E-state index >= 15 is 0 Å². The summed E-state index contributed by atoms with van der Waals surface area (Å²) in [4.78, 5) is 17.6. The van der Waals surface area contributed by atoms with Crippen molar-refractivity contribution in [3.8, 4) is 0 Å². The summed E-state index contributed by atoms with van der Waals surface area (Å²) >= 11 is 0. The summed E-state index contributed by atoms with van der Waals surface area (Å²) in [7, 11) is 0. The molecule has 0 saturated heterocycles. The van der Waals surface area contributed by atoms with Gasteiger partial charge >= 0.3 is 0 Å². The van der Waals surface area contributed by atoms with Crippen LogP contribution in [0.3, 0.4) is 0 Å². The average Bonchev–Trinajstić information content (AvgIpc) is 2.28. The molecule has 1 aromatic heterocycles. The second-order valence-corrected chi connectivity index (χ2v) is 3.60. The lowest BCUT2D eigenvalue weighted by atomic mass is 10.3. The monoisotopic (exact) mass is 226 g/mol. The van der Waals surface area contributed by atoms with Gasteiger partial charge in [0.15, 0.2) is 0 Å². The minimum absolute atomic E-state index is 0.258. The number of ether oxygens (including phenoxy) is 1. The highest BCUT2D eigenvalue weighted by molar-refractivity contribution is 5.00. The standard InChI is InChI=1S/C11H18N2O3/c1-2-3-4-5-16-8-9-6-11(15)13-10(7-14)12-9/h6,14H,2-5,7-8H2,1H3,(H,12,13,15). The van der Waals surface area contributed by atoms with Crippen LogP contribution in [0, 0.1) is 0 Å². The molecular formula is C11H18N2O3. The van der Waals surface area contributed by atoms with E-state index in [-0.39, 0.29) is 18.0 Å². The van der Waals surface area contributed by atoms with E-state index in [0.29, 0.717) is 18.9 Å². The van der Waals surface area contributed by atoms with Crippen molar-refractivity contribution in [2.75, 3.05) is 6.61 Å². The van der Waals surface area contributed by atoms with Crippen LogP contribution in [0.2, 0.25) is 0 Å². The fourth-order valence-electron chi connectivity index (χ4n) is 1.34. The zero-order valence-corrected chi connectivity index (χ0v) is 9.53. The van der Waals surface area contributed by atoms with E-state index in [1.165, 1.54) is 6.07 Å². The number of unbranched alkanes of at least 4 members (excludes halogenated alkanes) is 2. The van der Waals surface area contributed by atoms with Crippen LogP contribution in [0.4, 0.5) is 0 Å². The molecule has 5 heteroatoms. The van der Waals surface area contributed by atoms with Gasteiger partial charge < -0.3 is 14.8 Å². The SMILES string of the molecule is CCCCCOCc1cc(=O)[nH]c(CO)n1. The van der Waals surface area contributed by atoms with Gasteiger partial charge in [0.1, 0.15) is 12.4 Å². The molecule has 0 aliphatic carbocycles. The largest absolute Gasteiger partial charge is 0.388 e. The first-order valence-electron chi connectivity index (χ1n) is 5.54. The van der Waals surface area contributed by atoms with Crippen molar-refractivity contribution in [2.24, 2.45) is 0 Å². The highest BCUT2D eigenvalue weighted by Gasteiger charge is 2.00. The molecule has 0 amide bonds. The topological polar surface area (TPSA) is 75.2 Å². The van der Waals surface area contributed by atoms with Crippen LogP contribution in [0.5, 0.6) is 0 Å². The quantitative estimate of drug-likeness (QED) is 0.679. The minimum atomic E-state index is -0.265. The van der Waals surface area contributed by atoms with Crippen molar-refractivity contribution < 1.29 is 9.84 Å². The van der Waals surface area contributed by atoms with Gasteiger partial charge in [-0.05, 0) is 6.42 Å². The highest BCUT2D eigenvalue weighted by Crippen LogP contribution is 1.99. The molecule has 0 unspecified atom stereocenters. The van der Waals surface area contributed by atoms with Crippen molar-refractivity contribution in [3.63, 3.8) is 0 Å². The Labute approximate surface area is 94.5 Å². The first-order chi connectivity index (χ1) is 7.76. The van der Waals surface area contributed by atoms with Gasteiger partial charge in [-0.25, -0.2) is 4.98 Å². The molecule has 0 radical (unpaired) electrons. The van der Waals surface area contributed by atoms with E-state index in [1.54, 1.807) is 0 Å². The predicted molar refractivity (Wildman–Crippen MR) is 60.0 cm³/mol. The van der Waals surface area contributed by atoms with E-state index in [1.807, 2.05) is 0 Å². The lowest BCUT2D eigenvalue weighted by molar-refractivity contribution is 0.114. The van der Waals surface area contributed by atoms with Crippen molar-refractivity contribution >= 4 is 0 Å². The Bertz CT molecular complexity index is 362. The van der Waals surface area contributed by atoms with Gasteiger partial charge in [0.05, 0.1) is 12.3 Å². The van der Waals surface area contributed by atoms with Crippen LogP contribution in [-0.2, 0) is 18.0 Å². The van der Waals surface area contributed by atoms with Gasteiger partial charge in [-0.15, -0.1) is 0 Å². The van der Waals surface area contributed by atoms with Crippen LogP contribution in [-0.4, -0.2) is 21.7 Å². The number of hydrogen-bond acceptors (Lipinski definition) is 4. The summed E-state index contributed by atoms with van der Waals surface area (Å²) in [5.74, 6) is 0.277. The highest BCUT2D eigenvalue weighted by atomic mass is 16.5. The van der Waals surface area contributed by atoms with Gasteiger partial charge in [-0.1, -0.05) is 19.8 Å².